The van der Waals surface area contributed by atoms with Gasteiger partial charge in [0.25, 0.3) is 0 Å². The minimum absolute atomic E-state index is 0.00209. The standard InChI is InChI=1S/C51H101NO5/c1-5-9-13-15-24-36-48(34-22-11-7-3)38-32-40-50(54)56-46-30-19-17-26-42-52(44-28-21-29-45-53)43-27-18-20-31-47-57-51(55)41-33-39-49(35-23-12-8-4)37-25-16-14-10-6-2/h48-49,53H,5-47H2,1-4H3. The Morgan fingerprint density at radius 2 is 0.684 bits per heavy atom. The van der Waals surface area contributed by atoms with Crippen molar-refractivity contribution in [1.29, 1.82) is 0 Å². The van der Waals surface area contributed by atoms with Crippen LogP contribution in [0.5, 0.6) is 0 Å². The molecule has 0 rings (SSSR count). The third-order valence-electron chi connectivity index (χ3n) is 12.2. The van der Waals surface area contributed by atoms with E-state index in [-0.39, 0.29) is 18.5 Å². The second-order valence-electron chi connectivity index (χ2n) is 17.8. The van der Waals surface area contributed by atoms with Gasteiger partial charge in [-0.25, -0.2) is 0 Å². The molecule has 0 aliphatic heterocycles. The SMILES string of the molecule is CCCCCCCC(CCCCC)CCCC(=O)OCCCCCCN(CCCCCO)CCCCCCOC(=O)CCCC(CCCCC)CCCCCCC. The van der Waals surface area contributed by atoms with Gasteiger partial charge in [-0.3, -0.25) is 9.59 Å². The van der Waals surface area contributed by atoms with E-state index in [2.05, 4.69) is 32.6 Å². The van der Waals surface area contributed by atoms with Crippen molar-refractivity contribution in [2.75, 3.05) is 39.5 Å². The molecule has 0 spiro atoms. The maximum Gasteiger partial charge on any atom is 0.305 e. The fraction of sp³-hybridized carbons (Fsp3) is 0.961. The van der Waals surface area contributed by atoms with Crippen molar-refractivity contribution in [2.45, 2.75) is 265 Å². The Morgan fingerprint density at radius 3 is 1.07 bits per heavy atom. The zero-order valence-corrected chi connectivity index (χ0v) is 39.1. The second kappa shape index (κ2) is 45.9. The van der Waals surface area contributed by atoms with E-state index >= 15 is 0 Å². The van der Waals surface area contributed by atoms with Crippen LogP contribution in [0.4, 0.5) is 0 Å². The van der Waals surface area contributed by atoms with Crippen LogP contribution in [-0.2, 0) is 19.1 Å². The van der Waals surface area contributed by atoms with Crippen LogP contribution in [0.25, 0.3) is 0 Å². The van der Waals surface area contributed by atoms with Crippen LogP contribution in [0.2, 0.25) is 0 Å². The third kappa shape index (κ3) is 41.4. The first-order valence-corrected chi connectivity index (χ1v) is 25.6. The molecule has 57 heavy (non-hydrogen) atoms. The van der Waals surface area contributed by atoms with Crippen LogP contribution in [0.1, 0.15) is 265 Å². The third-order valence-corrected chi connectivity index (χ3v) is 12.2. The van der Waals surface area contributed by atoms with Crippen molar-refractivity contribution < 1.29 is 24.2 Å². The molecule has 1 N–H and O–H groups in total. The van der Waals surface area contributed by atoms with Crippen LogP contribution in [-0.4, -0.2) is 61.4 Å². The van der Waals surface area contributed by atoms with Gasteiger partial charge < -0.3 is 19.5 Å². The quantitative estimate of drug-likeness (QED) is 0.0487. The number of ether oxygens (including phenoxy) is 2. The maximum absolute atomic E-state index is 12.4. The molecule has 0 amide bonds. The molecule has 0 saturated heterocycles. The van der Waals surface area contributed by atoms with E-state index in [9.17, 15) is 14.7 Å². The predicted molar refractivity (Wildman–Crippen MR) is 246 cm³/mol. The highest BCUT2D eigenvalue weighted by atomic mass is 16.5. The Hall–Kier alpha value is -1.14. The number of hydrogen-bond donors (Lipinski definition) is 1. The molecule has 0 aromatic rings. The van der Waals surface area contributed by atoms with Gasteiger partial charge in [-0.1, -0.05) is 182 Å². The van der Waals surface area contributed by atoms with E-state index in [1.807, 2.05) is 0 Å². The molecule has 0 aromatic carbocycles. The molecule has 0 aromatic heterocycles. The first kappa shape index (κ1) is 55.9. The zero-order chi connectivity index (χ0) is 41.7. The fourth-order valence-electron chi connectivity index (χ4n) is 8.43. The number of carbonyl (C=O) groups excluding carboxylic acids is 2. The summed E-state index contributed by atoms with van der Waals surface area (Å²) in [7, 11) is 0. The van der Waals surface area contributed by atoms with E-state index in [1.54, 1.807) is 0 Å². The molecule has 0 saturated carbocycles. The Labute approximate surface area is 356 Å². The molecule has 0 bridgehead atoms. The fourth-order valence-corrected chi connectivity index (χ4v) is 8.43. The summed E-state index contributed by atoms with van der Waals surface area (Å²) in [6.07, 6.45) is 44.1. The second-order valence-corrected chi connectivity index (χ2v) is 17.8. The van der Waals surface area contributed by atoms with Gasteiger partial charge in [0, 0.05) is 19.4 Å². The highest BCUT2D eigenvalue weighted by Gasteiger charge is 2.13. The number of aliphatic hydroxyl groups excluding tert-OH is 1. The predicted octanol–water partition coefficient (Wildman–Crippen LogP) is 15.1. The summed E-state index contributed by atoms with van der Waals surface area (Å²) in [6, 6.07) is 0. The lowest BCUT2D eigenvalue weighted by atomic mass is 9.90. The number of hydrogen-bond acceptors (Lipinski definition) is 6. The van der Waals surface area contributed by atoms with Crippen LogP contribution in [0, 0.1) is 11.8 Å². The van der Waals surface area contributed by atoms with Crippen molar-refractivity contribution in [2.24, 2.45) is 11.8 Å². The van der Waals surface area contributed by atoms with Crippen molar-refractivity contribution in [3.63, 3.8) is 0 Å². The number of aliphatic hydroxyl groups is 1. The molecular weight excluding hydrogens is 707 g/mol. The molecule has 0 aliphatic rings. The van der Waals surface area contributed by atoms with Crippen LogP contribution >= 0.6 is 0 Å². The van der Waals surface area contributed by atoms with Gasteiger partial charge in [-0.05, 0) is 102 Å². The van der Waals surface area contributed by atoms with E-state index < -0.39 is 0 Å². The lowest BCUT2D eigenvalue weighted by molar-refractivity contribution is -0.144. The molecule has 2 atom stereocenters. The van der Waals surface area contributed by atoms with Crippen molar-refractivity contribution in [3.05, 3.63) is 0 Å². The van der Waals surface area contributed by atoms with Crippen molar-refractivity contribution in [1.82, 2.24) is 4.90 Å². The minimum Gasteiger partial charge on any atom is -0.466 e. The monoisotopic (exact) mass is 808 g/mol. The van der Waals surface area contributed by atoms with Crippen molar-refractivity contribution in [3.8, 4) is 0 Å². The highest BCUT2D eigenvalue weighted by Crippen LogP contribution is 2.25. The first-order chi connectivity index (χ1) is 28.0. The highest BCUT2D eigenvalue weighted by molar-refractivity contribution is 5.69. The number of unbranched alkanes of at least 4 members (excludes halogenated alkanes) is 20. The average Bonchev–Trinajstić information content (AvgIpc) is 3.20. The number of nitrogens with zero attached hydrogens (tertiary/aromatic N) is 1. The first-order valence-electron chi connectivity index (χ1n) is 25.6. The van der Waals surface area contributed by atoms with E-state index in [0.717, 1.165) is 89.3 Å². The molecule has 6 nitrogen and oxygen atoms in total. The molecule has 0 aliphatic carbocycles. The summed E-state index contributed by atoms with van der Waals surface area (Å²) in [5, 5.41) is 9.21. The van der Waals surface area contributed by atoms with Crippen LogP contribution < -0.4 is 0 Å². The van der Waals surface area contributed by atoms with Gasteiger partial charge in [-0.2, -0.15) is 0 Å². The van der Waals surface area contributed by atoms with Gasteiger partial charge in [0.1, 0.15) is 0 Å². The van der Waals surface area contributed by atoms with Crippen LogP contribution in [0.3, 0.4) is 0 Å². The summed E-state index contributed by atoms with van der Waals surface area (Å²) >= 11 is 0. The van der Waals surface area contributed by atoms with Gasteiger partial charge in [0.05, 0.1) is 13.2 Å². The number of carbonyl (C=O) groups is 2. The lowest BCUT2D eigenvalue weighted by Crippen LogP contribution is -2.27. The minimum atomic E-state index is -0.00209. The Morgan fingerprint density at radius 1 is 0.386 bits per heavy atom. The average molecular weight is 808 g/mol. The molecule has 0 heterocycles. The molecule has 0 fully saturated rings. The zero-order valence-electron chi connectivity index (χ0n) is 39.1. The van der Waals surface area contributed by atoms with E-state index in [1.165, 1.54) is 167 Å². The topological polar surface area (TPSA) is 76.1 Å². The molecular formula is C51H101NO5. The summed E-state index contributed by atoms with van der Waals surface area (Å²) in [5.41, 5.74) is 0. The van der Waals surface area contributed by atoms with Crippen LogP contribution in [0.15, 0.2) is 0 Å². The van der Waals surface area contributed by atoms with Crippen molar-refractivity contribution >= 4 is 11.9 Å². The van der Waals surface area contributed by atoms with Gasteiger partial charge in [0.15, 0.2) is 0 Å². The van der Waals surface area contributed by atoms with E-state index in [4.69, 9.17) is 9.47 Å². The smallest absolute Gasteiger partial charge is 0.305 e. The summed E-state index contributed by atoms with van der Waals surface area (Å²) in [5.74, 6) is 1.56. The van der Waals surface area contributed by atoms with Gasteiger partial charge >= 0.3 is 11.9 Å². The summed E-state index contributed by atoms with van der Waals surface area (Å²) < 4.78 is 11.2. The number of esters is 2. The maximum atomic E-state index is 12.4. The summed E-state index contributed by atoms with van der Waals surface area (Å²) in [4.78, 5) is 27.5. The Balaban J connectivity index is 4.16. The lowest BCUT2D eigenvalue weighted by Gasteiger charge is -2.22. The Bertz CT molecular complexity index is 761. The Kier molecular flexibility index (Phi) is 45.0. The largest absolute Gasteiger partial charge is 0.466 e. The molecule has 2 unspecified atom stereocenters. The molecule has 340 valence electrons. The number of rotatable bonds is 47. The summed E-state index contributed by atoms with van der Waals surface area (Å²) in [6.45, 7) is 13.9. The van der Waals surface area contributed by atoms with Gasteiger partial charge in [-0.15, -0.1) is 0 Å². The molecule has 6 heteroatoms. The molecule has 0 radical (unpaired) electrons. The van der Waals surface area contributed by atoms with Gasteiger partial charge in [0.2, 0.25) is 0 Å². The normalized spacial score (nSPS) is 12.7. The van der Waals surface area contributed by atoms with E-state index in [0.29, 0.717) is 26.1 Å².